The molecule has 4 aromatic rings. The van der Waals surface area contributed by atoms with Crippen LogP contribution in [0.3, 0.4) is 0 Å². The predicted molar refractivity (Wildman–Crippen MR) is 89.5 cm³/mol. The molecule has 1 heterocycles. The van der Waals surface area contributed by atoms with Gasteiger partial charge in [-0.15, -0.1) is 11.3 Å². The van der Waals surface area contributed by atoms with Crippen molar-refractivity contribution in [2.45, 2.75) is 6.92 Å². The molecule has 0 saturated heterocycles. The third-order valence-electron chi connectivity index (χ3n) is 3.77. The van der Waals surface area contributed by atoms with Gasteiger partial charge in [0, 0.05) is 15.3 Å². The molecule has 0 aliphatic carbocycles. The first kappa shape index (κ1) is 11.7. The van der Waals surface area contributed by atoms with E-state index in [4.69, 9.17) is 0 Å². The predicted octanol–water partition coefficient (Wildman–Crippen LogP) is 6.03. The van der Waals surface area contributed by atoms with Crippen molar-refractivity contribution in [1.82, 2.24) is 0 Å². The van der Waals surface area contributed by atoms with Crippen LogP contribution in [0.1, 0.15) is 4.88 Å². The summed E-state index contributed by atoms with van der Waals surface area (Å²) in [6.45, 7) is 2.16. The van der Waals surface area contributed by atoms with Crippen LogP contribution in [0, 0.1) is 6.92 Å². The minimum Gasteiger partial charge on any atom is -0.141 e. The summed E-state index contributed by atoms with van der Waals surface area (Å²) < 4.78 is 0. The van der Waals surface area contributed by atoms with Crippen molar-refractivity contribution in [2.75, 3.05) is 0 Å². The van der Waals surface area contributed by atoms with Crippen LogP contribution in [-0.2, 0) is 0 Å². The number of hydrogen-bond donors (Lipinski definition) is 0. The third-order valence-corrected chi connectivity index (χ3v) is 4.81. The van der Waals surface area contributed by atoms with Gasteiger partial charge in [0.05, 0.1) is 0 Å². The topological polar surface area (TPSA) is 0 Å². The molecule has 0 saturated carbocycles. The molecule has 3 aromatic carbocycles. The van der Waals surface area contributed by atoms with Crippen LogP contribution in [0.15, 0.2) is 66.7 Å². The Hall–Kier alpha value is -2.12. The van der Waals surface area contributed by atoms with Gasteiger partial charge in [-0.1, -0.05) is 48.5 Å². The quantitative estimate of drug-likeness (QED) is 0.372. The summed E-state index contributed by atoms with van der Waals surface area (Å²) in [5.74, 6) is 0. The smallest absolute Gasteiger partial charge is 0.0352 e. The van der Waals surface area contributed by atoms with E-state index in [1.165, 1.54) is 36.9 Å². The Balaban J connectivity index is 2.18. The van der Waals surface area contributed by atoms with E-state index in [-0.39, 0.29) is 0 Å². The molecule has 0 atom stereocenters. The number of benzene rings is 3. The number of aryl methyl sites for hydroxylation is 1. The fourth-order valence-corrected chi connectivity index (χ4v) is 3.74. The van der Waals surface area contributed by atoms with Gasteiger partial charge in [-0.3, -0.25) is 0 Å². The molecule has 20 heavy (non-hydrogen) atoms. The fraction of sp³-hybridized carbons (Fsp3) is 0.0526. The first-order chi connectivity index (χ1) is 9.83. The molecule has 0 unspecified atom stereocenters. The summed E-state index contributed by atoms with van der Waals surface area (Å²) in [6.07, 6.45) is 0. The van der Waals surface area contributed by atoms with Gasteiger partial charge in [-0.2, -0.15) is 0 Å². The molecule has 0 N–H and O–H groups in total. The summed E-state index contributed by atoms with van der Waals surface area (Å²) in [5, 5.41) is 5.33. The lowest BCUT2D eigenvalue weighted by molar-refractivity contribution is 1.64. The molecule has 4 rings (SSSR count). The molecule has 0 fully saturated rings. The highest BCUT2D eigenvalue weighted by Gasteiger charge is 2.09. The summed E-state index contributed by atoms with van der Waals surface area (Å²) in [7, 11) is 0. The van der Waals surface area contributed by atoms with E-state index in [0.29, 0.717) is 0 Å². The molecule has 0 radical (unpaired) electrons. The summed E-state index contributed by atoms with van der Waals surface area (Å²) in [6, 6.07) is 24.1. The van der Waals surface area contributed by atoms with E-state index in [0.717, 1.165) is 0 Å². The van der Waals surface area contributed by atoms with E-state index >= 15 is 0 Å². The molecule has 1 aromatic heterocycles. The molecular weight excluding hydrogens is 260 g/mol. The van der Waals surface area contributed by atoms with Gasteiger partial charge < -0.3 is 0 Å². The Bertz CT molecular complexity index is 915. The monoisotopic (exact) mass is 274 g/mol. The zero-order valence-corrected chi connectivity index (χ0v) is 12.1. The minimum atomic E-state index is 1.31. The largest absolute Gasteiger partial charge is 0.141 e. The van der Waals surface area contributed by atoms with E-state index in [9.17, 15) is 0 Å². The zero-order chi connectivity index (χ0) is 13.5. The van der Waals surface area contributed by atoms with Crippen molar-refractivity contribution >= 4 is 32.9 Å². The SMILES string of the molecule is Cc1ccc(-c2cc3ccccc3c3ccccc23)s1. The Morgan fingerprint density at radius 1 is 0.700 bits per heavy atom. The van der Waals surface area contributed by atoms with Crippen molar-refractivity contribution < 1.29 is 0 Å². The van der Waals surface area contributed by atoms with Crippen molar-refractivity contribution in [3.63, 3.8) is 0 Å². The second-order valence-electron chi connectivity index (χ2n) is 5.10. The van der Waals surface area contributed by atoms with Crippen LogP contribution in [0.5, 0.6) is 0 Å². The normalized spacial score (nSPS) is 11.2. The molecule has 1 heteroatoms. The van der Waals surface area contributed by atoms with Gasteiger partial charge in [-0.05, 0) is 46.7 Å². The second-order valence-corrected chi connectivity index (χ2v) is 6.39. The molecular formula is C19H14S. The molecule has 0 spiro atoms. The van der Waals surface area contributed by atoms with Crippen LogP contribution < -0.4 is 0 Å². The highest BCUT2D eigenvalue weighted by molar-refractivity contribution is 7.15. The van der Waals surface area contributed by atoms with Crippen molar-refractivity contribution in [3.05, 3.63) is 71.6 Å². The van der Waals surface area contributed by atoms with Crippen LogP contribution >= 0.6 is 11.3 Å². The molecule has 96 valence electrons. The standard InChI is InChI=1S/C19H14S/c1-13-10-11-19(20-13)18-12-14-6-2-3-7-15(14)16-8-4-5-9-17(16)18/h2-12H,1H3. The van der Waals surface area contributed by atoms with Crippen LogP contribution in [0.2, 0.25) is 0 Å². The van der Waals surface area contributed by atoms with Crippen LogP contribution in [0.4, 0.5) is 0 Å². The summed E-state index contributed by atoms with van der Waals surface area (Å²) in [4.78, 5) is 2.71. The molecule has 0 amide bonds. The minimum absolute atomic E-state index is 1.31. The maximum absolute atomic E-state index is 2.32. The van der Waals surface area contributed by atoms with E-state index in [1.54, 1.807) is 0 Å². The number of rotatable bonds is 1. The maximum atomic E-state index is 2.32. The van der Waals surface area contributed by atoms with Gasteiger partial charge in [-0.25, -0.2) is 0 Å². The zero-order valence-electron chi connectivity index (χ0n) is 11.3. The van der Waals surface area contributed by atoms with Gasteiger partial charge in [0.15, 0.2) is 0 Å². The first-order valence-electron chi connectivity index (χ1n) is 6.80. The highest BCUT2D eigenvalue weighted by atomic mass is 32.1. The molecule has 0 aliphatic heterocycles. The number of hydrogen-bond acceptors (Lipinski definition) is 1. The summed E-state index contributed by atoms with van der Waals surface area (Å²) >= 11 is 1.86. The van der Waals surface area contributed by atoms with E-state index in [1.807, 2.05) is 11.3 Å². The maximum Gasteiger partial charge on any atom is 0.0352 e. The van der Waals surface area contributed by atoms with Crippen molar-refractivity contribution in [3.8, 4) is 10.4 Å². The summed E-state index contributed by atoms with van der Waals surface area (Å²) in [5.41, 5.74) is 1.34. The van der Waals surface area contributed by atoms with Gasteiger partial charge in [0.1, 0.15) is 0 Å². The average Bonchev–Trinajstić information content (AvgIpc) is 2.93. The van der Waals surface area contributed by atoms with Crippen LogP contribution in [-0.4, -0.2) is 0 Å². The lowest BCUT2D eigenvalue weighted by Crippen LogP contribution is -1.82. The Morgan fingerprint density at radius 2 is 1.40 bits per heavy atom. The van der Waals surface area contributed by atoms with Gasteiger partial charge >= 0.3 is 0 Å². The highest BCUT2D eigenvalue weighted by Crippen LogP contribution is 2.37. The Labute approximate surface area is 122 Å². The van der Waals surface area contributed by atoms with E-state index < -0.39 is 0 Å². The molecule has 0 aliphatic rings. The third kappa shape index (κ3) is 1.75. The second kappa shape index (κ2) is 4.46. The Morgan fingerprint density at radius 3 is 2.15 bits per heavy atom. The fourth-order valence-electron chi connectivity index (χ4n) is 2.84. The van der Waals surface area contributed by atoms with Crippen LogP contribution in [0.25, 0.3) is 32.0 Å². The van der Waals surface area contributed by atoms with Gasteiger partial charge in [0.2, 0.25) is 0 Å². The van der Waals surface area contributed by atoms with E-state index in [2.05, 4.69) is 73.7 Å². The first-order valence-corrected chi connectivity index (χ1v) is 7.62. The van der Waals surface area contributed by atoms with Crippen molar-refractivity contribution in [1.29, 1.82) is 0 Å². The Kier molecular flexibility index (Phi) is 2.61. The lowest BCUT2D eigenvalue weighted by atomic mass is 9.96. The average molecular weight is 274 g/mol. The molecule has 0 bridgehead atoms. The lowest BCUT2D eigenvalue weighted by Gasteiger charge is -2.09. The molecule has 0 nitrogen and oxygen atoms in total. The van der Waals surface area contributed by atoms with Crippen molar-refractivity contribution in [2.24, 2.45) is 0 Å². The van der Waals surface area contributed by atoms with Gasteiger partial charge in [0.25, 0.3) is 0 Å². The number of thiophene rings is 1. The number of fused-ring (bicyclic) bond motifs is 3.